The van der Waals surface area contributed by atoms with Crippen molar-refractivity contribution in [3.63, 3.8) is 0 Å². The number of alkyl halides is 2. The molecule has 1 atom stereocenters. The molecule has 1 aromatic heterocycles. The van der Waals surface area contributed by atoms with E-state index in [1.165, 1.54) is 0 Å². The molecule has 5 nitrogen and oxygen atoms in total. The van der Waals surface area contributed by atoms with E-state index in [9.17, 15) is 22.0 Å². The van der Waals surface area contributed by atoms with Gasteiger partial charge in [-0.3, -0.25) is 4.79 Å². The molecule has 1 heterocycles. The summed E-state index contributed by atoms with van der Waals surface area (Å²) in [7, 11) is -4.19. The fourth-order valence-electron chi connectivity index (χ4n) is 1.71. The van der Waals surface area contributed by atoms with E-state index in [0.29, 0.717) is 5.56 Å². The van der Waals surface area contributed by atoms with Gasteiger partial charge in [0.15, 0.2) is 0 Å². The maximum Gasteiger partial charge on any atom is 0.305 e. The molecule has 1 aromatic rings. The fourth-order valence-corrected chi connectivity index (χ4v) is 4.77. The van der Waals surface area contributed by atoms with Crippen molar-refractivity contribution < 1.29 is 27.1 Å². The summed E-state index contributed by atoms with van der Waals surface area (Å²) in [4.78, 5) is 11.4. The van der Waals surface area contributed by atoms with Crippen LogP contribution in [0.15, 0.2) is 10.3 Å². The summed E-state index contributed by atoms with van der Waals surface area (Å²) in [5, 5.41) is 8.66. The zero-order valence-corrected chi connectivity index (χ0v) is 12.7. The Kier molecular flexibility index (Phi) is 4.88. The minimum Gasteiger partial charge on any atom is -0.481 e. The van der Waals surface area contributed by atoms with Crippen molar-refractivity contribution in [2.45, 2.75) is 43.4 Å². The molecule has 9 heteroatoms. The van der Waals surface area contributed by atoms with E-state index < -0.39 is 34.4 Å². The first-order valence-corrected chi connectivity index (χ1v) is 7.89. The Bertz CT molecular complexity index is 612. The highest BCUT2D eigenvalue weighted by atomic mass is 32.2. The SMILES string of the molecule is Cc1cc(C)c(S(=O)(=O)NC(C)(CC(=O)O)C(F)F)s1. The van der Waals surface area contributed by atoms with Crippen molar-refractivity contribution in [1.82, 2.24) is 4.72 Å². The minimum absolute atomic E-state index is 0.0766. The molecule has 114 valence electrons. The number of halogens is 2. The lowest BCUT2D eigenvalue weighted by atomic mass is 10.0. The lowest BCUT2D eigenvalue weighted by Gasteiger charge is -2.27. The minimum atomic E-state index is -4.19. The highest BCUT2D eigenvalue weighted by Crippen LogP contribution is 2.29. The van der Waals surface area contributed by atoms with Gasteiger partial charge in [-0.25, -0.2) is 17.2 Å². The molecule has 0 bridgehead atoms. The number of thiophene rings is 1. The summed E-state index contributed by atoms with van der Waals surface area (Å²) in [6.07, 6.45) is -4.15. The number of carboxylic acids is 1. The summed E-state index contributed by atoms with van der Waals surface area (Å²) in [5.74, 6) is -1.51. The van der Waals surface area contributed by atoms with Gasteiger partial charge in [0, 0.05) is 4.88 Å². The van der Waals surface area contributed by atoms with E-state index >= 15 is 0 Å². The first kappa shape index (κ1) is 17.0. The lowest BCUT2D eigenvalue weighted by Crippen LogP contribution is -2.52. The fraction of sp³-hybridized carbons (Fsp3) is 0.545. The molecular weight excluding hydrogens is 312 g/mol. The number of hydrogen-bond acceptors (Lipinski definition) is 4. The molecule has 0 saturated heterocycles. The molecule has 1 rings (SSSR count). The molecule has 20 heavy (non-hydrogen) atoms. The second-order valence-corrected chi connectivity index (χ2v) is 7.86. The van der Waals surface area contributed by atoms with Gasteiger partial charge in [0.05, 0.1) is 6.42 Å². The standard InChI is InChI=1S/C11H15F2NO4S2/c1-6-4-7(2)19-9(6)20(17,18)14-11(3,10(12)13)5-8(15)16/h4,10,14H,5H2,1-3H3,(H,15,16). The normalized spacial score (nSPS) is 15.3. The Labute approximate surface area is 119 Å². The maximum absolute atomic E-state index is 13.0. The van der Waals surface area contributed by atoms with Gasteiger partial charge < -0.3 is 5.11 Å². The van der Waals surface area contributed by atoms with Crippen LogP contribution in [0, 0.1) is 13.8 Å². The van der Waals surface area contributed by atoms with Gasteiger partial charge in [0.1, 0.15) is 9.75 Å². The van der Waals surface area contributed by atoms with Crippen molar-refractivity contribution in [2.24, 2.45) is 0 Å². The van der Waals surface area contributed by atoms with Crippen molar-refractivity contribution in [3.8, 4) is 0 Å². The molecule has 0 fully saturated rings. The van der Waals surface area contributed by atoms with E-state index in [2.05, 4.69) is 0 Å². The summed E-state index contributed by atoms with van der Waals surface area (Å²) in [6.45, 7) is 4.12. The molecule has 0 aromatic carbocycles. The predicted octanol–water partition coefficient (Wildman–Crippen LogP) is 2.14. The predicted molar refractivity (Wildman–Crippen MR) is 70.8 cm³/mol. The van der Waals surface area contributed by atoms with Crippen LogP contribution in [-0.4, -0.2) is 31.5 Å². The first-order valence-electron chi connectivity index (χ1n) is 5.59. The molecule has 0 aliphatic rings. The number of nitrogens with one attached hydrogen (secondary N) is 1. The Balaban J connectivity index is 3.16. The van der Waals surface area contributed by atoms with Crippen LogP contribution in [0.5, 0.6) is 0 Å². The van der Waals surface area contributed by atoms with Crippen LogP contribution >= 0.6 is 11.3 Å². The number of rotatable bonds is 6. The van der Waals surface area contributed by atoms with Crippen LogP contribution in [0.3, 0.4) is 0 Å². The average Bonchev–Trinajstić information content (AvgIpc) is 2.56. The van der Waals surface area contributed by atoms with E-state index in [-0.39, 0.29) is 4.21 Å². The van der Waals surface area contributed by atoms with Gasteiger partial charge in [-0.2, -0.15) is 4.72 Å². The Morgan fingerprint density at radius 1 is 1.50 bits per heavy atom. The number of sulfonamides is 1. The van der Waals surface area contributed by atoms with Crippen molar-refractivity contribution in [1.29, 1.82) is 0 Å². The molecule has 0 aliphatic carbocycles. The van der Waals surface area contributed by atoms with Crippen LogP contribution in [0.25, 0.3) is 0 Å². The monoisotopic (exact) mass is 327 g/mol. The van der Waals surface area contributed by atoms with Gasteiger partial charge in [0.2, 0.25) is 0 Å². The van der Waals surface area contributed by atoms with E-state index in [1.54, 1.807) is 19.9 Å². The Morgan fingerprint density at radius 3 is 2.40 bits per heavy atom. The third kappa shape index (κ3) is 3.74. The van der Waals surface area contributed by atoms with Crippen molar-refractivity contribution in [3.05, 3.63) is 16.5 Å². The number of carbonyl (C=O) groups is 1. The van der Waals surface area contributed by atoms with E-state index in [4.69, 9.17) is 5.11 Å². The van der Waals surface area contributed by atoms with Gasteiger partial charge in [-0.05, 0) is 32.4 Å². The van der Waals surface area contributed by atoms with Gasteiger partial charge in [-0.15, -0.1) is 11.3 Å². The van der Waals surface area contributed by atoms with Crippen LogP contribution in [-0.2, 0) is 14.8 Å². The van der Waals surface area contributed by atoms with Crippen LogP contribution in [0.2, 0.25) is 0 Å². The molecule has 1 unspecified atom stereocenters. The van der Waals surface area contributed by atoms with Crippen LogP contribution in [0.1, 0.15) is 23.8 Å². The zero-order chi connectivity index (χ0) is 15.7. The largest absolute Gasteiger partial charge is 0.481 e. The molecule has 0 spiro atoms. The quantitative estimate of drug-likeness (QED) is 0.838. The number of aryl methyl sites for hydroxylation is 2. The third-order valence-corrected chi connectivity index (χ3v) is 6.01. The Morgan fingerprint density at radius 2 is 2.05 bits per heavy atom. The summed E-state index contributed by atoms with van der Waals surface area (Å²) in [6, 6.07) is 1.62. The number of carboxylic acid groups (broad SMARTS) is 1. The van der Waals surface area contributed by atoms with E-state index in [1.807, 2.05) is 4.72 Å². The van der Waals surface area contributed by atoms with Gasteiger partial charge >= 0.3 is 5.97 Å². The third-order valence-electron chi connectivity index (χ3n) is 2.61. The van der Waals surface area contributed by atoms with Gasteiger partial charge in [0.25, 0.3) is 16.4 Å². The molecule has 0 amide bonds. The summed E-state index contributed by atoms with van der Waals surface area (Å²) >= 11 is 0.950. The van der Waals surface area contributed by atoms with Gasteiger partial charge in [-0.1, -0.05) is 0 Å². The maximum atomic E-state index is 13.0. The Hall–Kier alpha value is -1.06. The highest BCUT2D eigenvalue weighted by molar-refractivity contribution is 7.91. The topological polar surface area (TPSA) is 83.5 Å². The van der Waals surface area contributed by atoms with E-state index in [0.717, 1.165) is 23.1 Å². The summed E-state index contributed by atoms with van der Waals surface area (Å²) < 4.78 is 52.0. The second kappa shape index (κ2) is 5.74. The molecule has 0 radical (unpaired) electrons. The lowest BCUT2D eigenvalue weighted by molar-refractivity contribution is -0.140. The second-order valence-electron chi connectivity index (χ2n) is 4.72. The highest BCUT2D eigenvalue weighted by Gasteiger charge is 2.42. The molecule has 2 N–H and O–H groups in total. The van der Waals surface area contributed by atoms with Crippen LogP contribution < -0.4 is 4.72 Å². The number of hydrogen-bond donors (Lipinski definition) is 2. The summed E-state index contributed by atoms with van der Waals surface area (Å²) in [5.41, 5.74) is -1.92. The molecule has 0 saturated carbocycles. The zero-order valence-electron chi connectivity index (χ0n) is 11.1. The van der Waals surface area contributed by atoms with Crippen molar-refractivity contribution in [2.75, 3.05) is 0 Å². The van der Waals surface area contributed by atoms with Crippen LogP contribution in [0.4, 0.5) is 8.78 Å². The molecule has 0 aliphatic heterocycles. The average molecular weight is 327 g/mol. The van der Waals surface area contributed by atoms with Crippen molar-refractivity contribution >= 4 is 27.3 Å². The molecular formula is C11H15F2NO4S2. The number of aliphatic carboxylic acids is 1. The smallest absolute Gasteiger partial charge is 0.305 e. The first-order chi connectivity index (χ1) is 8.98.